The van der Waals surface area contributed by atoms with E-state index in [0.717, 1.165) is 32.2 Å². The quantitative estimate of drug-likeness (QED) is 0.693. The number of methoxy groups -OCH3 is 1. The number of carbonyl (C=O) groups is 1. The van der Waals surface area contributed by atoms with E-state index in [1.165, 1.54) is 20.2 Å². The lowest BCUT2D eigenvalue weighted by Crippen LogP contribution is -2.40. The third-order valence-electron chi connectivity index (χ3n) is 4.41. The summed E-state index contributed by atoms with van der Waals surface area (Å²) in [4.78, 5) is 14.0. The normalized spacial score (nSPS) is 13.7. The molecule has 1 amide bonds. The van der Waals surface area contributed by atoms with Gasteiger partial charge in [-0.15, -0.1) is 0 Å². The molecule has 0 radical (unpaired) electrons. The second kappa shape index (κ2) is 7.57. The molecule has 0 N–H and O–H groups in total. The first-order chi connectivity index (χ1) is 12.7. The van der Waals surface area contributed by atoms with Crippen LogP contribution in [0.25, 0.3) is 0 Å². The zero-order chi connectivity index (χ0) is 19.8. The monoisotopic (exact) mass is 456 g/mol. The molecule has 2 aromatic rings. The summed E-state index contributed by atoms with van der Waals surface area (Å²) in [5.74, 6) is -1.03. The van der Waals surface area contributed by atoms with Crippen molar-refractivity contribution in [3.05, 3.63) is 52.3 Å². The van der Waals surface area contributed by atoms with Crippen LogP contribution in [0.15, 0.2) is 45.8 Å². The number of amides is 1. The lowest BCUT2D eigenvalue weighted by molar-refractivity contribution is -0.118. The van der Waals surface area contributed by atoms with Crippen molar-refractivity contribution in [3.8, 4) is 5.75 Å². The van der Waals surface area contributed by atoms with Crippen LogP contribution in [0.5, 0.6) is 5.75 Å². The third kappa shape index (κ3) is 3.85. The highest BCUT2D eigenvalue weighted by Crippen LogP contribution is 2.31. The lowest BCUT2D eigenvalue weighted by atomic mass is 10.2. The summed E-state index contributed by atoms with van der Waals surface area (Å²) in [5.41, 5.74) is 1.80. The van der Waals surface area contributed by atoms with Crippen LogP contribution in [0.1, 0.15) is 5.56 Å². The van der Waals surface area contributed by atoms with Crippen molar-refractivity contribution in [1.29, 1.82) is 0 Å². The maximum Gasteiger partial charge on any atom is 0.247 e. The standard InChI is InChI=1S/C18H18BrFN2O4S/c1-21(27(24,25)17-10-14(20)4-6-16(17)26-2)11-18(23)22-8-7-12-9-13(19)3-5-15(12)22/h3-6,9-10H,7-8,11H2,1-2H3. The number of hydrogen-bond acceptors (Lipinski definition) is 4. The van der Waals surface area contributed by atoms with Gasteiger partial charge >= 0.3 is 0 Å². The predicted molar refractivity (Wildman–Crippen MR) is 103 cm³/mol. The van der Waals surface area contributed by atoms with Gasteiger partial charge in [-0.25, -0.2) is 12.8 Å². The zero-order valence-electron chi connectivity index (χ0n) is 14.8. The summed E-state index contributed by atoms with van der Waals surface area (Å²) in [7, 11) is -1.51. The summed E-state index contributed by atoms with van der Waals surface area (Å²) in [6.45, 7) is 0.124. The SMILES string of the molecule is COc1ccc(F)cc1S(=O)(=O)N(C)CC(=O)N1CCc2cc(Br)ccc21. The molecule has 0 unspecified atom stereocenters. The molecule has 0 atom stereocenters. The van der Waals surface area contributed by atoms with Crippen molar-refractivity contribution >= 4 is 37.5 Å². The molecule has 6 nitrogen and oxygen atoms in total. The molecular formula is C18H18BrFN2O4S. The molecule has 0 saturated carbocycles. The molecule has 1 heterocycles. The number of sulfonamides is 1. The number of likely N-dealkylation sites (N-methyl/N-ethyl adjacent to an activating group) is 1. The molecule has 9 heteroatoms. The minimum atomic E-state index is -4.10. The van der Waals surface area contributed by atoms with Gasteiger partial charge in [-0.1, -0.05) is 15.9 Å². The van der Waals surface area contributed by atoms with Gasteiger partial charge in [-0.05, 0) is 48.4 Å². The first-order valence-corrected chi connectivity index (χ1v) is 10.4. The Bertz CT molecular complexity index is 997. The van der Waals surface area contributed by atoms with E-state index in [9.17, 15) is 17.6 Å². The van der Waals surface area contributed by atoms with E-state index in [1.807, 2.05) is 18.2 Å². The Balaban J connectivity index is 1.82. The molecule has 1 aliphatic heterocycles. The number of rotatable bonds is 5. The van der Waals surface area contributed by atoms with Crippen molar-refractivity contribution in [1.82, 2.24) is 4.31 Å². The summed E-state index contributed by atoms with van der Waals surface area (Å²) in [6, 6.07) is 8.85. The van der Waals surface area contributed by atoms with E-state index in [0.29, 0.717) is 13.0 Å². The van der Waals surface area contributed by atoms with Gasteiger partial charge in [0.15, 0.2) is 0 Å². The molecule has 1 aliphatic rings. The molecular weight excluding hydrogens is 439 g/mol. The Labute approximate surface area is 165 Å². The number of hydrogen-bond donors (Lipinski definition) is 0. The van der Waals surface area contributed by atoms with Crippen LogP contribution < -0.4 is 9.64 Å². The van der Waals surface area contributed by atoms with Crippen LogP contribution >= 0.6 is 15.9 Å². The van der Waals surface area contributed by atoms with E-state index in [4.69, 9.17) is 4.74 Å². The van der Waals surface area contributed by atoms with E-state index in [1.54, 1.807) is 4.90 Å². The topological polar surface area (TPSA) is 66.9 Å². The van der Waals surface area contributed by atoms with Crippen LogP contribution in [-0.2, 0) is 21.2 Å². The van der Waals surface area contributed by atoms with Crippen molar-refractivity contribution in [2.45, 2.75) is 11.3 Å². The first kappa shape index (κ1) is 19.8. The van der Waals surface area contributed by atoms with Crippen molar-refractivity contribution < 1.29 is 22.3 Å². The average molecular weight is 457 g/mol. The smallest absolute Gasteiger partial charge is 0.247 e. The predicted octanol–water partition coefficient (Wildman–Crippen LogP) is 2.81. The molecule has 2 aromatic carbocycles. The number of anilines is 1. The molecule has 0 fully saturated rings. The average Bonchev–Trinajstić information content (AvgIpc) is 3.04. The molecule has 144 valence electrons. The molecule has 0 bridgehead atoms. The Kier molecular flexibility index (Phi) is 5.55. The fourth-order valence-corrected chi connectivity index (χ4v) is 4.70. The van der Waals surface area contributed by atoms with Crippen LogP contribution in [0.2, 0.25) is 0 Å². The molecule has 3 rings (SSSR count). The largest absolute Gasteiger partial charge is 0.495 e. The minimum absolute atomic E-state index is 0.0204. The molecule has 0 aliphatic carbocycles. The lowest BCUT2D eigenvalue weighted by Gasteiger charge is -2.22. The first-order valence-electron chi connectivity index (χ1n) is 8.12. The van der Waals surface area contributed by atoms with Crippen molar-refractivity contribution in [2.75, 3.05) is 32.1 Å². The number of carbonyl (C=O) groups excluding carboxylic acids is 1. The fraction of sp³-hybridized carbons (Fsp3) is 0.278. The van der Waals surface area contributed by atoms with E-state index in [2.05, 4.69) is 15.9 Å². The van der Waals surface area contributed by atoms with Crippen molar-refractivity contribution in [3.63, 3.8) is 0 Å². The second-order valence-corrected chi connectivity index (χ2v) is 9.05. The summed E-state index contributed by atoms with van der Waals surface area (Å²) < 4.78 is 46.0. The van der Waals surface area contributed by atoms with E-state index < -0.39 is 15.8 Å². The Morgan fingerprint density at radius 1 is 1.30 bits per heavy atom. The van der Waals surface area contributed by atoms with Crippen LogP contribution in [0.4, 0.5) is 10.1 Å². The van der Waals surface area contributed by atoms with Gasteiger partial charge in [0, 0.05) is 23.8 Å². The van der Waals surface area contributed by atoms with E-state index in [-0.39, 0.29) is 23.1 Å². The number of fused-ring (bicyclic) bond motifs is 1. The highest BCUT2D eigenvalue weighted by Gasteiger charge is 2.31. The Hall–Kier alpha value is -1.97. The summed E-state index contributed by atoms with van der Waals surface area (Å²) in [6.07, 6.45) is 0.703. The second-order valence-electron chi connectivity index (χ2n) is 6.12. The molecule has 0 aromatic heterocycles. The van der Waals surface area contributed by atoms with Gasteiger partial charge < -0.3 is 9.64 Å². The van der Waals surface area contributed by atoms with Crippen LogP contribution in [-0.4, -0.2) is 45.9 Å². The zero-order valence-corrected chi connectivity index (χ0v) is 17.2. The van der Waals surface area contributed by atoms with Gasteiger partial charge in [0.2, 0.25) is 15.9 Å². The Morgan fingerprint density at radius 3 is 2.74 bits per heavy atom. The van der Waals surface area contributed by atoms with Gasteiger partial charge in [0.25, 0.3) is 0 Å². The van der Waals surface area contributed by atoms with Gasteiger partial charge in [0.1, 0.15) is 16.5 Å². The minimum Gasteiger partial charge on any atom is -0.495 e. The van der Waals surface area contributed by atoms with E-state index >= 15 is 0 Å². The van der Waals surface area contributed by atoms with Gasteiger partial charge in [-0.2, -0.15) is 4.31 Å². The number of nitrogens with zero attached hydrogens (tertiary/aromatic N) is 2. The molecule has 0 spiro atoms. The number of halogens is 2. The Morgan fingerprint density at radius 2 is 2.04 bits per heavy atom. The maximum atomic E-state index is 13.6. The molecule has 0 saturated heterocycles. The molecule has 27 heavy (non-hydrogen) atoms. The summed E-state index contributed by atoms with van der Waals surface area (Å²) >= 11 is 3.40. The maximum absolute atomic E-state index is 13.6. The van der Waals surface area contributed by atoms with Crippen molar-refractivity contribution in [2.24, 2.45) is 0 Å². The van der Waals surface area contributed by atoms with Gasteiger partial charge in [0.05, 0.1) is 13.7 Å². The van der Waals surface area contributed by atoms with Crippen LogP contribution in [0.3, 0.4) is 0 Å². The van der Waals surface area contributed by atoms with Gasteiger partial charge in [-0.3, -0.25) is 4.79 Å². The number of ether oxygens (including phenoxy) is 1. The fourth-order valence-electron chi connectivity index (χ4n) is 3.01. The third-order valence-corrected chi connectivity index (χ3v) is 6.73. The highest BCUT2D eigenvalue weighted by atomic mass is 79.9. The summed E-state index contributed by atoms with van der Waals surface area (Å²) in [5, 5.41) is 0. The van der Waals surface area contributed by atoms with Crippen LogP contribution in [0, 0.1) is 5.82 Å². The number of benzene rings is 2. The highest BCUT2D eigenvalue weighted by molar-refractivity contribution is 9.10.